The van der Waals surface area contributed by atoms with E-state index < -0.39 is 24.0 Å². The van der Waals surface area contributed by atoms with Crippen LogP contribution in [0.3, 0.4) is 0 Å². The Labute approximate surface area is 84.1 Å². The molecule has 0 spiro atoms. The minimum absolute atomic E-state index is 0.0375. The third-order valence-corrected chi connectivity index (χ3v) is 2.00. The molecular formula is C9H7ClF2O2. The molecule has 0 saturated carbocycles. The average molecular weight is 221 g/mol. The standard InChI is InChI=1S/C9H7ClF2O2/c10-4-7-5(2-9(13)14)1-6(11)3-8(7)12/h1,3H,2,4H2,(H,13,14). The van der Waals surface area contributed by atoms with Gasteiger partial charge in [0, 0.05) is 11.6 Å². The molecule has 0 radical (unpaired) electrons. The summed E-state index contributed by atoms with van der Waals surface area (Å²) in [7, 11) is 0. The first-order valence-electron chi connectivity index (χ1n) is 3.79. The van der Waals surface area contributed by atoms with Gasteiger partial charge >= 0.3 is 5.97 Å². The second-order valence-corrected chi connectivity index (χ2v) is 3.00. The van der Waals surface area contributed by atoms with Crippen LogP contribution in [-0.4, -0.2) is 11.1 Å². The summed E-state index contributed by atoms with van der Waals surface area (Å²) in [4.78, 5) is 10.4. The maximum absolute atomic E-state index is 13.0. The monoisotopic (exact) mass is 220 g/mol. The number of hydrogen-bond donors (Lipinski definition) is 1. The third kappa shape index (κ3) is 2.42. The fourth-order valence-corrected chi connectivity index (χ4v) is 1.43. The first kappa shape index (κ1) is 10.9. The predicted molar refractivity (Wildman–Crippen MR) is 47.3 cm³/mol. The van der Waals surface area contributed by atoms with Crippen molar-refractivity contribution >= 4 is 17.6 Å². The van der Waals surface area contributed by atoms with Gasteiger partial charge in [-0.05, 0) is 11.6 Å². The van der Waals surface area contributed by atoms with E-state index in [0.717, 1.165) is 6.07 Å². The van der Waals surface area contributed by atoms with E-state index in [4.69, 9.17) is 16.7 Å². The van der Waals surface area contributed by atoms with E-state index in [9.17, 15) is 13.6 Å². The molecule has 0 heterocycles. The zero-order valence-corrected chi connectivity index (χ0v) is 7.81. The zero-order chi connectivity index (χ0) is 10.7. The molecule has 0 aliphatic carbocycles. The summed E-state index contributed by atoms with van der Waals surface area (Å²) in [6.07, 6.45) is -0.434. The van der Waals surface area contributed by atoms with Crippen molar-refractivity contribution in [2.45, 2.75) is 12.3 Å². The summed E-state index contributed by atoms with van der Waals surface area (Å²) in [6, 6.07) is 1.66. The molecule has 5 heteroatoms. The maximum atomic E-state index is 13.0. The molecule has 1 rings (SSSR count). The summed E-state index contributed by atoms with van der Waals surface area (Å²) in [6.45, 7) is 0. The highest BCUT2D eigenvalue weighted by Crippen LogP contribution is 2.18. The summed E-state index contributed by atoms with van der Waals surface area (Å²) in [5.74, 6) is -2.93. The molecule has 1 N–H and O–H groups in total. The summed E-state index contributed by atoms with van der Waals surface area (Å²) in [5.41, 5.74) is 0.112. The van der Waals surface area contributed by atoms with Crippen LogP contribution in [0, 0.1) is 11.6 Å². The van der Waals surface area contributed by atoms with Crippen molar-refractivity contribution in [1.82, 2.24) is 0 Å². The lowest BCUT2D eigenvalue weighted by Crippen LogP contribution is -2.05. The van der Waals surface area contributed by atoms with Crippen LogP contribution in [0.1, 0.15) is 11.1 Å². The van der Waals surface area contributed by atoms with E-state index in [1.807, 2.05) is 0 Å². The van der Waals surface area contributed by atoms with Crippen molar-refractivity contribution < 1.29 is 18.7 Å². The Morgan fingerprint density at radius 2 is 2.07 bits per heavy atom. The van der Waals surface area contributed by atoms with Crippen LogP contribution < -0.4 is 0 Å². The van der Waals surface area contributed by atoms with Gasteiger partial charge in [0.05, 0.1) is 12.3 Å². The molecule has 0 bridgehead atoms. The van der Waals surface area contributed by atoms with E-state index >= 15 is 0 Å². The molecule has 0 aromatic heterocycles. The van der Waals surface area contributed by atoms with Gasteiger partial charge in [0.25, 0.3) is 0 Å². The molecule has 1 aromatic carbocycles. The van der Waals surface area contributed by atoms with E-state index in [2.05, 4.69) is 0 Å². The minimum Gasteiger partial charge on any atom is -0.481 e. The van der Waals surface area contributed by atoms with Gasteiger partial charge < -0.3 is 5.11 Å². The number of hydrogen-bond acceptors (Lipinski definition) is 1. The second kappa shape index (κ2) is 4.37. The molecule has 0 fully saturated rings. The lowest BCUT2D eigenvalue weighted by molar-refractivity contribution is -0.136. The number of alkyl halides is 1. The molecule has 0 atom stereocenters. The number of benzene rings is 1. The van der Waals surface area contributed by atoms with Gasteiger partial charge in [0.1, 0.15) is 11.6 Å². The molecule has 0 amide bonds. The highest BCUT2D eigenvalue weighted by molar-refractivity contribution is 6.17. The quantitative estimate of drug-likeness (QED) is 0.794. The van der Waals surface area contributed by atoms with E-state index in [1.165, 1.54) is 0 Å². The molecule has 1 aromatic rings. The van der Waals surface area contributed by atoms with Crippen LogP contribution in [0.2, 0.25) is 0 Å². The average Bonchev–Trinajstić information content (AvgIpc) is 2.01. The van der Waals surface area contributed by atoms with Crippen LogP contribution >= 0.6 is 11.6 Å². The van der Waals surface area contributed by atoms with Gasteiger partial charge in [-0.2, -0.15) is 0 Å². The first-order valence-corrected chi connectivity index (χ1v) is 4.32. The molecule has 14 heavy (non-hydrogen) atoms. The zero-order valence-electron chi connectivity index (χ0n) is 7.06. The van der Waals surface area contributed by atoms with Crippen molar-refractivity contribution in [3.8, 4) is 0 Å². The largest absolute Gasteiger partial charge is 0.481 e. The smallest absolute Gasteiger partial charge is 0.307 e. The van der Waals surface area contributed by atoms with Gasteiger partial charge in [-0.3, -0.25) is 4.79 Å². The number of carboxylic acid groups (broad SMARTS) is 1. The van der Waals surface area contributed by atoms with Crippen molar-refractivity contribution in [2.24, 2.45) is 0 Å². The highest BCUT2D eigenvalue weighted by atomic mass is 35.5. The molecule has 76 valence electrons. The van der Waals surface area contributed by atoms with Gasteiger partial charge in [0.2, 0.25) is 0 Å². The fraction of sp³-hybridized carbons (Fsp3) is 0.222. The van der Waals surface area contributed by atoms with Crippen LogP contribution in [0.4, 0.5) is 8.78 Å². The van der Waals surface area contributed by atoms with Gasteiger partial charge in [-0.15, -0.1) is 11.6 Å². The first-order chi connectivity index (χ1) is 6.54. The Bertz CT molecular complexity index is 366. The van der Waals surface area contributed by atoms with E-state index in [0.29, 0.717) is 6.07 Å². The van der Waals surface area contributed by atoms with Gasteiger partial charge in [-0.25, -0.2) is 8.78 Å². The van der Waals surface area contributed by atoms with E-state index in [1.54, 1.807) is 0 Å². The topological polar surface area (TPSA) is 37.3 Å². The third-order valence-electron chi connectivity index (χ3n) is 1.73. The van der Waals surface area contributed by atoms with Crippen LogP contribution in [0.25, 0.3) is 0 Å². The Kier molecular flexibility index (Phi) is 3.41. The summed E-state index contributed by atoms with van der Waals surface area (Å²) in [5, 5.41) is 8.48. The van der Waals surface area contributed by atoms with Gasteiger partial charge in [0.15, 0.2) is 0 Å². The highest BCUT2D eigenvalue weighted by Gasteiger charge is 2.12. The Morgan fingerprint density at radius 3 is 2.57 bits per heavy atom. The number of carboxylic acids is 1. The Balaban J connectivity index is 3.17. The fourth-order valence-electron chi connectivity index (χ4n) is 1.13. The summed E-state index contributed by atoms with van der Waals surface area (Å²) < 4.78 is 25.8. The molecule has 0 saturated heterocycles. The lowest BCUT2D eigenvalue weighted by Gasteiger charge is -2.05. The Hall–Kier alpha value is -1.16. The van der Waals surface area contributed by atoms with Crippen LogP contribution in [0.15, 0.2) is 12.1 Å². The van der Waals surface area contributed by atoms with E-state index in [-0.39, 0.29) is 17.0 Å². The van der Waals surface area contributed by atoms with Crippen LogP contribution in [0.5, 0.6) is 0 Å². The van der Waals surface area contributed by atoms with Crippen LogP contribution in [-0.2, 0) is 17.1 Å². The SMILES string of the molecule is O=C(O)Cc1cc(F)cc(F)c1CCl. The van der Waals surface area contributed by atoms with Crippen molar-refractivity contribution in [3.05, 3.63) is 34.9 Å². The van der Waals surface area contributed by atoms with Crippen molar-refractivity contribution in [1.29, 1.82) is 0 Å². The normalized spacial score (nSPS) is 10.2. The van der Waals surface area contributed by atoms with Crippen molar-refractivity contribution in [2.75, 3.05) is 0 Å². The summed E-state index contributed by atoms with van der Waals surface area (Å²) >= 11 is 5.42. The minimum atomic E-state index is -1.15. The maximum Gasteiger partial charge on any atom is 0.307 e. The second-order valence-electron chi connectivity index (χ2n) is 2.73. The number of carbonyl (C=O) groups is 1. The molecular weight excluding hydrogens is 214 g/mol. The molecule has 0 aliphatic heterocycles. The number of rotatable bonds is 3. The Morgan fingerprint density at radius 1 is 1.43 bits per heavy atom. The number of halogens is 3. The molecule has 2 nitrogen and oxygen atoms in total. The van der Waals surface area contributed by atoms with Gasteiger partial charge in [-0.1, -0.05) is 0 Å². The molecule has 0 aliphatic rings. The predicted octanol–water partition coefficient (Wildman–Crippen LogP) is 2.33. The number of aliphatic carboxylic acids is 1. The van der Waals surface area contributed by atoms with Crippen molar-refractivity contribution in [3.63, 3.8) is 0 Å². The molecule has 0 unspecified atom stereocenters. The lowest BCUT2D eigenvalue weighted by atomic mass is 10.1.